The standard InChI is InChI=1S/C14H13ClINO3S/c1-9-10(8-18)6-11(15)7-14(9)21(19,20)17-13-4-2-12(16)3-5-13/h2-7,17-18H,8H2,1H3. The number of sulfonamides is 1. The van der Waals surface area contributed by atoms with Crippen molar-refractivity contribution in [1.29, 1.82) is 0 Å². The average Bonchev–Trinajstić information content (AvgIpc) is 2.43. The molecule has 0 radical (unpaired) electrons. The van der Waals surface area contributed by atoms with Gasteiger partial charge in [-0.3, -0.25) is 4.72 Å². The molecule has 0 amide bonds. The van der Waals surface area contributed by atoms with E-state index in [9.17, 15) is 13.5 Å². The highest BCUT2D eigenvalue weighted by atomic mass is 127. The Morgan fingerprint density at radius 2 is 1.86 bits per heavy atom. The Morgan fingerprint density at radius 1 is 1.24 bits per heavy atom. The van der Waals surface area contributed by atoms with Gasteiger partial charge in [0.2, 0.25) is 0 Å². The topological polar surface area (TPSA) is 66.4 Å². The third-order valence-electron chi connectivity index (χ3n) is 2.99. The van der Waals surface area contributed by atoms with Crippen molar-refractivity contribution in [2.24, 2.45) is 0 Å². The summed E-state index contributed by atoms with van der Waals surface area (Å²) in [5, 5.41) is 9.55. The molecule has 0 aliphatic rings. The van der Waals surface area contributed by atoms with Gasteiger partial charge in [0.05, 0.1) is 11.5 Å². The normalized spacial score (nSPS) is 11.4. The molecule has 7 heteroatoms. The maximum absolute atomic E-state index is 12.5. The fourth-order valence-corrected chi connectivity index (χ4v) is 3.92. The van der Waals surface area contributed by atoms with Crippen LogP contribution in [0.25, 0.3) is 0 Å². The van der Waals surface area contributed by atoms with E-state index in [2.05, 4.69) is 27.3 Å². The van der Waals surface area contributed by atoms with E-state index in [0.29, 0.717) is 16.8 Å². The van der Waals surface area contributed by atoms with Gasteiger partial charge in [0.15, 0.2) is 0 Å². The van der Waals surface area contributed by atoms with E-state index in [-0.39, 0.29) is 16.5 Å². The molecule has 2 aromatic carbocycles. The van der Waals surface area contributed by atoms with Gasteiger partial charge in [-0.1, -0.05) is 11.6 Å². The second-order valence-electron chi connectivity index (χ2n) is 4.46. The summed E-state index contributed by atoms with van der Waals surface area (Å²) in [5.41, 5.74) is 1.45. The molecule has 21 heavy (non-hydrogen) atoms. The first-order valence-corrected chi connectivity index (χ1v) is 8.96. The molecule has 0 fully saturated rings. The van der Waals surface area contributed by atoms with Crippen molar-refractivity contribution in [1.82, 2.24) is 0 Å². The second kappa shape index (κ2) is 6.51. The summed E-state index contributed by atoms with van der Waals surface area (Å²) in [6.07, 6.45) is 0. The van der Waals surface area contributed by atoms with E-state index in [1.165, 1.54) is 6.07 Å². The Morgan fingerprint density at radius 3 is 2.43 bits per heavy atom. The van der Waals surface area contributed by atoms with Crippen LogP contribution in [0.4, 0.5) is 5.69 Å². The van der Waals surface area contributed by atoms with Crippen LogP contribution in [-0.2, 0) is 16.6 Å². The third-order valence-corrected chi connectivity index (χ3v) is 5.43. The fourth-order valence-electron chi connectivity index (χ4n) is 1.88. The molecular weight excluding hydrogens is 425 g/mol. The van der Waals surface area contributed by atoms with Gasteiger partial charge in [0, 0.05) is 14.3 Å². The third kappa shape index (κ3) is 3.88. The van der Waals surface area contributed by atoms with E-state index in [1.54, 1.807) is 25.1 Å². The Balaban J connectivity index is 2.44. The zero-order valence-electron chi connectivity index (χ0n) is 11.1. The quantitative estimate of drug-likeness (QED) is 0.719. The van der Waals surface area contributed by atoms with E-state index in [1.807, 2.05) is 12.1 Å². The molecule has 0 unspecified atom stereocenters. The minimum atomic E-state index is -3.76. The molecule has 0 saturated carbocycles. The molecule has 0 aliphatic heterocycles. The number of hydrogen-bond acceptors (Lipinski definition) is 3. The first-order valence-electron chi connectivity index (χ1n) is 6.02. The van der Waals surface area contributed by atoms with Gasteiger partial charge in [-0.2, -0.15) is 0 Å². The van der Waals surface area contributed by atoms with E-state index in [0.717, 1.165) is 3.57 Å². The van der Waals surface area contributed by atoms with Gasteiger partial charge in [-0.15, -0.1) is 0 Å². The molecule has 0 heterocycles. The van der Waals surface area contributed by atoms with Crippen LogP contribution in [0.3, 0.4) is 0 Å². The number of aliphatic hydroxyl groups is 1. The highest BCUT2D eigenvalue weighted by Gasteiger charge is 2.19. The lowest BCUT2D eigenvalue weighted by molar-refractivity contribution is 0.280. The molecule has 0 spiro atoms. The van der Waals surface area contributed by atoms with Crippen LogP contribution in [0.1, 0.15) is 11.1 Å². The number of anilines is 1. The number of rotatable bonds is 4. The van der Waals surface area contributed by atoms with Crippen LogP contribution in [0.15, 0.2) is 41.3 Å². The Bertz CT molecular complexity index is 761. The van der Waals surface area contributed by atoms with Crippen LogP contribution < -0.4 is 4.72 Å². The summed E-state index contributed by atoms with van der Waals surface area (Å²) in [5.74, 6) is 0. The molecule has 4 nitrogen and oxygen atoms in total. The number of hydrogen-bond donors (Lipinski definition) is 2. The predicted molar refractivity (Wildman–Crippen MR) is 92.1 cm³/mol. The molecule has 0 bridgehead atoms. The zero-order chi connectivity index (χ0) is 15.6. The summed E-state index contributed by atoms with van der Waals surface area (Å²) >= 11 is 8.07. The largest absolute Gasteiger partial charge is 0.392 e. The molecule has 0 aliphatic carbocycles. The van der Waals surface area contributed by atoms with Gasteiger partial charge < -0.3 is 5.11 Å². The smallest absolute Gasteiger partial charge is 0.262 e. The first kappa shape index (κ1) is 16.5. The van der Waals surface area contributed by atoms with Crippen molar-refractivity contribution in [3.8, 4) is 0 Å². The number of aliphatic hydroxyl groups excluding tert-OH is 1. The van der Waals surface area contributed by atoms with Crippen molar-refractivity contribution in [3.63, 3.8) is 0 Å². The lowest BCUT2D eigenvalue weighted by Crippen LogP contribution is -2.15. The fraction of sp³-hybridized carbons (Fsp3) is 0.143. The van der Waals surface area contributed by atoms with Gasteiger partial charge in [0.1, 0.15) is 0 Å². The monoisotopic (exact) mass is 437 g/mol. The molecule has 0 atom stereocenters. The van der Waals surface area contributed by atoms with Crippen molar-refractivity contribution in [3.05, 3.63) is 56.1 Å². The Hall–Kier alpha value is -0.830. The molecule has 112 valence electrons. The van der Waals surface area contributed by atoms with Gasteiger partial charge in [-0.05, 0) is 77.0 Å². The summed E-state index contributed by atoms with van der Waals surface area (Å²) in [6, 6.07) is 9.93. The zero-order valence-corrected chi connectivity index (χ0v) is 14.8. The summed E-state index contributed by atoms with van der Waals surface area (Å²) in [4.78, 5) is 0.0672. The van der Waals surface area contributed by atoms with Gasteiger partial charge in [0.25, 0.3) is 10.0 Å². The second-order valence-corrected chi connectivity index (χ2v) is 7.79. The lowest BCUT2D eigenvalue weighted by Gasteiger charge is -2.13. The number of benzene rings is 2. The predicted octanol–water partition coefficient (Wildman–Crippen LogP) is 3.55. The average molecular weight is 438 g/mol. The maximum Gasteiger partial charge on any atom is 0.262 e. The molecule has 2 rings (SSSR count). The summed E-state index contributed by atoms with van der Waals surface area (Å²) in [6.45, 7) is 1.38. The van der Waals surface area contributed by atoms with Crippen LogP contribution in [0, 0.1) is 10.5 Å². The summed E-state index contributed by atoms with van der Waals surface area (Å²) in [7, 11) is -3.76. The Kier molecular flexibility index (Phi) is 5.13. The van der Waals surface area contributed by atoms with Crippen molar-refractivity contribution in [2.75, 3.05) is 4.72 Å². The van der Waals surface area contributed by atoms with Crippen molar-refractivity contribution >= 4 is 49.9 Å². The van der Waals surface area contributed by atoms with Crippen LogP contribution in [-0.4, -0.2) is 13.5 Å². The molecule has 2 N–H and O–H groups in total. The Labute approximate surface area is 142 Å². The molecule has 2 aromatic rings. The SMILES string of the molecule is Cc1c(CO)cc(Cl)cc1S(=O)(=O)Nc1ccc(I)cc1. The van der Waals surface area contributed by atoms with Gasteiger partial charge >= 0.3 is 0 Å². The summed E-state index contributed by atoms with van der Waals surface area (Å²) < 4.78 is 28.5. The van der Waals surface area contributed by atoms with Crippen LogP contribution in [0.2, 0.25) is 5.02 Å². The minimum Gasteiger partial charge on any atom is -0.392 e. The maximum atomic E-state index is 12.5. The van der Waals surface area contributed by atoms with E-state index >= 15 is 0 Å². The minimum absolute atomic E-state index is 0.0672. The van der Waals surface area contributed by atoms with Crippen LogP contribution >= 0.6 is 34.2 Å². The molecular formula is C14H13ClINO3S. The van der Waals surface area contributed by atoms with Crippen molar-refractivity contribution < 1.29 is 13.5 Å². The van der Waals surface area contributed by atoms with Crippen LogP contribution in [0.5, 0.6) is 0 Å². The van der Waals surface area contributed by atoms with E-state index < -0.39 is 10.0 Å². The first-order chi connectivity index (χ1) is 9.83. The van der Waals surface area contributed by atoms with E-state index in [4.69, 9.17) is 11.6 Å². The highest BCUT2D eigenvalue weighted by Crippen LogP contribution is 2.26. The molecule has 0 saturated heterocycles. The highest BCUT2D eigenvalue weighted by molar-refractivity contribution is 14.1. The van der Waals surface area contributed by atoms with Crippen molar-refractivity contribution in [2.45, 2.75) is 18.4 Å². The number of nitrogens with one attached hydrogen (secondary N) is 1. The molecule has 0 aromatic heterocycles. The lowest BCUT2D eigenvalue weighted by atomic mass is 10.1. The van der Waals surface area contributed by atoms with Gasteiger partial charge in [-0.25, -0.2) is 8.42 Å². The number of halogens is 2.